The molecular weight excluding hydrogens is 219 g/mol. The molecule has 0 aliphatic carbocycles. The first-order chi connectivity index (χ1) is 7.13. The Morgan fingerprint density at radius 3 is 2.60 bits per heavy atom. The lowest BCUT2D eigenvalue weighted by molar-refractivity contribution is -0.140. The normalized spacial score (nSPS) is 11.3. The second-order valence-electron chi connectivity index (χ2n) is 2.76. The molecule has 4 heteroatoms. The number of hydrogen-bond donors (Lipinski definition) is 0. The van der Waals surface area contributed by atoms with E-state index in [0.717, 1.165) is 6.08 Å². The lowest BCUT2D eigenvalue weighted by atomic mass is 10.2. The van der Waals surface area contributed by atoms with Crippen molar-refractivity contribution in [1.82, 2.24) is 0 Å². The van der Waals surface area contributed by atoms with E-state index in [1.54, 1.807) is 31.2 Å². The highest BCUT2D eigenvalue weighted by Gasteiger charge is 2.08. The molecule has 1 aromatic rings. The van der Waals surface area contributed by atoms with Crippen LogP contribution in [0.15, 0.2) is 30.1 Å². The Labute approximate surface area is 92.3 Å². The largest absolute Gasteiger partial charge is 0.461 e. The minimum Gasteiger partial charge on any atom is -0.461 e. The van der Waals surface area contributed by atoms with E-state index >= 15 is 0 Å². The molecule has 2 nitrogen and oxygen atoms in total. The highest BCUT2D eigenvalue weighted by Crippen LogP contribution is 2.13. The predicted molar refractivity (Wildman–Crippen MR) is 57.2 cm³/mol. The number of rotatable bonds is 3. The highest BCUT2D eigenvalue weighted by molar-refractivity contribution is 6.30. The number of ether oxygens (including phenoxy) is 1. The van der Waals surface area contributed by atoms with E-state index in [4.69, 9.17) is 11.6 Å². The van der Waals surface area contributed by atoms with Crippen LogP contribution in [-0.4, -0.2) is 12.6 Å². The molecule has 0 fully saturated rings. The van der Waals surface area contributed by atoms with E-state index in [1.165, 1.54) is 0 Å². The molecule has 0 radical (unpaired) electrons. The summed E-state index contributed by atoms with van der Waals surface area (Å²) in [4.78, 5) is 10.9. The summed E-state index contributed by atoms with van der Waals surface area (Å²) in [7, 11) is 0. The Balaban J connectivity index is 2.78. The summed E-state index contributed by atoms with van der Waals surface area (Å²) in [5, 5.41) is 0.559. The summed E-state index contributed by atoms with van der Waals surface area (Å²) >= 11 is 5.65. The van der Waals surface area contributed by atoms with E-state index in [2.05, 4.69) is 4.74 Å². The van der Waals surface area contributed by atoms with Crippen molar-refractivity contribution < 1.29 is 13.9 Å². The lowest BCUT2D eigenvalue weighted by Crippen LogP contribution is -2.03. The molecule has 0 unspecified atom stereocenters. The molecule has 0 aliphatic rings. The van der Waals surface area contributed by atoms with Gasteiger partial charge >= 0.3 is 5.97 Å². The fourth-order valence-corrected chi connectivity index (χ4v) is 1.09. The van der Waals surface area contributed by atoms with Crippen LogP contribution in [0.25, 0.3) is 6.08 Å². The highest BCUT2D eigenvalue weighted by atomic mass is 35.5. The molecule has 0 atom stereocenters. The number of esters is 1. The zero-order valence-corrected chi connectivity index (χ0v) is 8.92. The van der Waals surface area contributed by atoms with Gasteiger partial charge in [-0.05, 0) is 30.7 Å². The third-order valence-electron chi connectivity index (χ3n) is 1.63. The van der Waals surface area contributed by atoms with Crippen LogP contribution >= 0.6 is 11.6 Å². The first-order valence-electron chi connectivity index (χ1n) is 4.43. The summed E-state index contributed by atoms with van der Waals surface area (Å²) in [6.45, 7) is 1.77. The fourth-order valence-electron chi connectivity index (χ4n) is 0.964. The van der Waals surface area contributed by atoms with Crippen molar-refractivity contribution in [2.75, 3.05) is 6.61 Å². The lowest BCUT2D eigenvalue weighted by Gasteiger charge is -1.98. The molecule has 0 aliphatic heterocycles. The summed E-state index contributed by atoms with van der Waals surface area (Å²) in [5.41, 5.74) is 0.560. The van der Waals surface area contributed by atoms with Crippen LogP contribution in [0.5, 0.6) is 0 Å². The molecule has 0 spiro atoms. The molecule has 0 heterocycles. The van der Waals surface area contributed by atoms with Crippen molar-refractivity contribution in [3.8, 4) is 0 Å². The van der Waals surface area contributed by atoms with Crippen molar-refractivity contribution in [3.63, 3.8) is 0 Å². The van der Waals surface area contributed by atoms with Crippen LogP contribution in [0, 0.1) is 0 Å². The Hall–Kier alpha value is -1.35. The zero-order valence-electron chi connectivity index (χ0n) is 8.17. The van der Waals surface area contributed by atoms with E-state index in [0.29, 0.717) is 10.6 Å². The van der Waals surface area contributed by atoms with Crippen LogP contribution in [0.4, 0.5) is 4.39 Å². The number of benzene rings is 1. The molecule has 0 aromatic heterocycles. The van der Waals surface area contributed by atoms with Gasteiger partial charge in [-0.25, -0.2) is 4.79 Å². The topological polar surface area (TPSA) is 26.3 Å². The van der Waals surface area contributed by atoms with Crippen molar-refractivity contribution in [1.29, 1.82) is 0 Å². The van der Waals surface area contributed by atoms with Gasteiger partial charge in [0, 0.05) is 5.02 Å². The van der Waals surface area contributed by atoms with Gasteiger partial charge in [0.15, 0.2) is 0 Å². The molecule has 0 saturated heterocycles. The monoisotopic (exact) mass is 228 g/mol. The van der Waals surface area contributed by atoms with Crippen LogP contribution in [0.3, 0.4) is 0 Å². The number of halogens is 2. The Morgan fingerprint density at radius 1 is 1.47 bits per heavy atom. The second kappa shape index (κ2) is 5.51. The smallest absolute Gasteiger partial charge is 0.367 e. The molecular formula is C11H10ClFO2. The summed E-state index contributed by atoms with van der Waals surface area (Å²) in [6.07, 6.45) is 1.11. The maximum absolute atomic E-state index is 13.1. The fraction of sp³-hybridized carbons (Fsp3) is 0.182. The van der Waals surface area contributed by atoms with Crippen LogP contribution < -0.4 is 0 Å². The zero-order chi connectivity index (χ0) is 11.3. The van der Waals surface area contributed by atoms with Gasteiger partial charge in [-0.3, -0.25) is 0 Å². The average molecular weight is 229 g/mol. The SMILES string of the molecule is CCOC(=O)C(F)=Cc1ccc(Cl)cc1. The van der Waals surface area contributed by atoms with Crippen LogP contribution in [0.2, 0.25) is 5.02 Å². The van der Waals surface area contributed by atoms with Crippen molar-refractivity contribution in [2.45, 2.75) is 6.92 Å². The van der Waals surface area contributed by atoms with Gasteiger partial charge in [0.2, 0.25) is 5.83 Å². The minimum absolute atomic E-state index is 0.153. The first kappa shape index (κ1) is 11.7. The maximum Gasteiger partial charge on any atom is 0.367 e. The Morgan fingerprint density at radius 2 is 2.07 bits per heavy atom. The third-order valence-corrected chi connectivity index (χ3v) is 1.89. The minimum atomic E-state index is -0.951. The molecule has 1 rings (SSSR count). The van der Waals surface area contributed by atoms with Gasteiger partial charge in [-0.1, -0.05) is 23.7 Å². The molecule has 80 valence electrons. The average Bonchev–Trinajstić information content (AvgIpc) is 2.22. The quantitative estimate of drug-likeness (QED) is 0.587. The van der Waals surface area contributed by atoms with E-state index < -0.39 is 11.8 Å². The van der Waals surface area contributed by atoms with E-state index in [1.807, 2.05) is 0 Å². The van der Waals surface area contributed by atoms with Gasteiger partial charge in [-0.15, -0.1) is 0 Å². The molecule has 0 saturated carbocycles. The van der Waals surface area contributed by atoms with E-state index in [-0.39, 0.29) is 6.61 Å². The molecule has 0 amide bonds. The van der Waals surface area contributed by atoms with Gasteiger partial charge in [0.05, 0.1) is 6.61 Å². The number of carbonyl (C=O) groups is 1. The Bertz CT molecular complexity index is 371. The van der Waals surface area contributed by atoms with Crippen LogP contribution in [-0.2, 0) is 9.53 Å². The van der Waals surface area contributed by atoms with Gasteiger partial charge in [0.1, 0.15) is 0 Å². The number of hydrogen-bond acceptors (Lipinski definition) is 2. The maximum atomic E-state index is 13.1. The third kappa shape index (κ3) is 3.72. The van der Waals surface area contributed by atoms with Gasteiger partial charge in [0.25, 0.3) is 0 Å². The second-order valence-corrected chi connectivity index (χ2v) is 3.20. The molecule has 0 N–H and O–H groups in total. The standard InChI is InChI=1S/C11H10ClFO2/c1-2-15-11(14)10(13)7-8-3-5-9(12)6-4-8/h3-7H,2H2,1H3. The molecule has 0 bridgehead atoms. The summed E-state index contributed by atoms with van der Waals surface area (Å²) < 4.78 is 17.6. The van der Waals surface area contributed by atoms with E-state index in [9.17, 15) is 9.18 Å². The molecule has 15 heavy (non-hydrogen) atoms. The van der Waals surface area contributed by atoms with Crippen molar-refractivity contribution in [3.05, 3.63) is 40.7 Å². The Kier molecular flexibility index (Phi) is 4.31. The predicted octanol–water partition coefficient (Wildman–Crippen LogP) is 3.21. The summed E-state index contributed by atoms with van der Waals surface area (Å²) in [5.74, 6) is -1.87. The van der Waals surface area contributed by atoms with Crippen molar-refractivity contribution in [2.24, 2.45) is 0 Å². The van der Waals surface area contributed by atoms with Crippen molar-refractivity contribution >= 4 is 23.6 Å². The van der Waals surface area contributed by atoms with Crippen LogP contribution in [0.1, 0.15) is 12.5 Å². The number of carbonyl (C=O) groups excluding carboxylic acids is 1. The van der Waals surface area contributed by atoms with Gasteiger partial charge in [-0.2, -0.15) is 4.39 Å². The summed E-state index contributed by atoms with van der Waals surface area (Å²) in [6, 6.07) is 6.46. The van der Waals surface area contributed by atoms with Gasteiger partial charge < -0.3 is 4.74 Å². The molecule has 1 aromatic carbocycles. The first-order valence-corrected chi connectivity index (χ1v) is 4.81.